The Hall–Kier alpha value is -1.77. The lowest BCUT2D eigenvalue weighted by Gasteiger charge is -2.16. The van der Waals surface area contributed by atoms with E-state index in [1.165, 1.54) is 0 Å². The number of nitrogens with zero attached hydrogens (tertiary/aromatic N) is 1. The fourth-order valence-corrected chi connectivity index (χ4v) is 1.47. The second-order valence-corrected chi connectivity index (χ2v) is 3.78. The molecule has 3 nitrogen and oxygen atoms in total. The van der Waals surface area contributed by atoms with E-state index in [9.17, 15) is 4.79 Å². The number of allylic oxidation sites excluding steroid dienone is 1. The molecule has 16 heavy (non-hydrogen) atoms. The van der Waals surface area contributed by atoms with E-state index in [-0.39, 0.29) is 5.91 Å². The Balaban J connectivity index is 2.59. The summed E-state index contributed by atoms with van der Waals surface area (Å²) in [5.41, 5.74) is 6.89. The molecule has 0 aliphatic heterocycles. The molecule has 0 aromatic heterocycles. The summed E-state index contributed by atoms with van der Waals surface area (Å²) in [6.45, 7) is 4.39. The molecule has 1 amide bonds. The van der Waals surface area contributed by atoms with Crippen molar-refractivity contribution in [3.8, 4) is 0 Å². The van der Waals surface area contributed by atoms with Crippen LogP contribution in [0.25, 0.3) is 0 Å². The molecular weight excluding hydrogens is 200 g/mol. The first-order valence-electron chi connectivity index (χ1n) is 5.37. The SMILES string of the molecule is C=CCCCN(C)C(=O)c1cccc(N)c1. The zero-order valence-electron chi connectivity index (χ0n) is 9.65. The molecule has 0 saturated heterocycles. The summed E-state index contributed by atoms with van der Waals surface area (Å²) < 4.78 is 0. The lowest BCUT2D eigenvalue weighted by molar-refractivity contribution is 0.0794. The number of unbranched alkanes of at least 4 members (excludes halogenated alkanes) is 1. The van der Waals surface area contributed by atoms with Crippen molar-refractivity contribution in [3.63, 3.8) is 0 Å². The number of amides is 1. The van der Waals surface area contributed by atoms with Gasteiger partial charge in [-0.1, -0.05) is 12.1 Å². The molecule has 0 radical (unpaired) electrons. The van der Waals surface area contributed by atoms with Gasteiger partial charge in [0.15, 0.2) is 0 Å². The van der Waals surface area contributed by atoms with Crippen molar-refractivity contribution < 1.29 is 4.79 Å². The van der Waals surface area contributed by atoms with Gasteiger partial charge in [0, 0.05) is 24.8 Å². The number of benzene rings is 1. The van der Waals surface area contributed by atoms with Crippen LogP contribution < -0.4 is 5.73 Å². The Morgan fingerprint density at radius 2 is 2.31 bits per heavy atom. The van der Waals surface area contributed by atoms with Crippen LogP contribution in [0.4, 0.5) is 5.69 Å². The Bertz CT molecular complexity index is 374. The maximum absolute atomic E-state index is 11.9. The fourth-order valence-electron chi connectivity index (χ4n) is 1.47. The van der Waals surface area contributed by atoms with Gasteiger partial charge in [0.1, 0.15) is 0 Å². The molecular formula is C13H18N2O. The summed E-state index contributed by atoms with van der Waals surface area (Å²) in [4.78, 5) is 13.6. The second kappa shape index (κ2) is 5.95. The summed E-state index contributed by atoms with van der Waals surface area (Å²) in [7, 11) is 1.80. The van der Waals surface area contributed by atoms with E-state index in [0.29, 0.717) is 11.3 Å². The smallest absolute Gasteiger partial charge is 0.253 e. The number of nitrogen functional groups attached to an aromatic ring is 1. The average Bonchev–Trinajstić information content (AvgIpc) is 2.28. The molecule has 0 atom stereocenters. The number of carbonyl (C=O) groups excluding carboxylic acids is 1. The van der Waals surface area contributed by atoms with Gasteiger partial charge in [-0.2, -0.15) is 0 Å². The van der Waals surface area contributed by atoms with E-state index >= 15 is 0 Å². The Labute approximate surface area is 96.6 Å². The summed E-state index contributed by atoms with van der Waals surface area (Å²) in [5.74, 6) is 0.0105. The van der Waals surface area contributed by atoms with Crippen molar-refractivity contribution >= 4 is 11.6 Å². The first-order chi connectivity index (χ1) is 7.65. The van der Waals surface area contributed by atoms with Gasteiger partial charge in [-0.25, -0.2) is 0 Å². The lowest BCUT2D eigenvalue weighted by Crippen LogP contribution is -2.27. The lowest BCUT2D eigenvalue weighted by atomic mass is 10.1. The largest absolute Gasteiger partial charge is 0.399 e. The van der Waals surface area contributed by atoms with Crippen LogP contribution in [0.3, 0.4) is 0 Å². The zero-order valence-corrected chi connectivity index (χ0v) is 9.65. The highest BCUT2D eigenvalue weighted by Crippen LogP contribution is 2.09. The zero-order chi connectivity index (χ0) is 12.0. The molecule has 1 rings (SSSR count). The molecule has 0 unspecified atom stereocenters. The molecule has 0 aliphatic carbocycles. The van der Waals surface area contributed by atoms with Gasteiger partial charge < -0.3 is 10.6 Å². The van der Waals surface area contributed by atoms with Crippen LogP contribution in [0.15, 0.2) is 36.9 Å². The van der Waals surface area contributed by atoms with Gasteiger partial charge in [0.05, 0.1) is 0 Å². The van der Waals surface area contributed by atoms with Crippen molar-refractivity contribution in [1.29, 1.82) is 0 Å². The van der Waals surface area contributed by atoms with Crippen molar-refractivity contribution in [1.82, 2.24) is 4.90 Å². The Morgan fingerprint density at radius 3 is 2.94 bits per heavy atom. The van der Waals surface area contributed by atoms with E-state index in [1.54, 1.807) is 36.2 Å². The van der Waals surface area contributed by atoms with E-state index < -0.39 is 0 Å². The van der Waals surface area contributed by atoms with Gasteiger partial charge in [-0.3, -0.25) is 4.79 Å². The Kier molecular flexibility index (Phi) is 4.58. The third-order valence-corrected chi connectivity index (χ3v) is 2.38. The number of hydrogen-bond donors (Lipinski definition) is 1. The number of hydrogen-bond acceptors (Lipinski definition) is 2. The number of carbonyl (C=O) groups is 1. The minimum Gasteiger partial charge on any atom is -0.399 e. The van der Waals surface area contributed by atoms with E-state index in [2.05, 4.69) is 6.58 Å². The molecule has 0 bridgehead atoms. The third kappa shape index (κ3) is 3.42. The van der Waals surface area contributed by atoms with E-state index in [4.69, 9.17) is 5.73 Å². The highest BCUT2D eigenvalue weighted by atomic mass is 16.2. The topological polar surface area (TPSA) is 46.3 Å². The van der Waals surface area contributed by atoms with Crippen LogP contribution in [0.1, 0.15) is 23.2 Å². The minimum atomic E-state index is 0.0105. The fraction of sp³-hybridized carbons (Fsp3) is 0.308. The van der Waals surface area contributed by atoms with Gasteiger partial charge in [-0.15, -0.1) is 6.58 Å². The van der Waals surface area contributed by atoms with Crippen LogP contribution in [-0.2, 0) is 0 Å². The first-order valence-corrected chi connectivity index (χ1v) is 5.37. The number of rotatable bonds is 5. The molecule has 0 saturated carbocycles. The van der Waals surface area contributed by atoms with Crippen molar-refractivity contribution in [3.05, 3.63) is 42.5 Å². The summed E-state index contributed by atoms with van der Waals surface area (Å²) >= 11 is 0. The van der Waals surface area contributed by atoms with E-state index in [1.807, 2.05) is 6.08 Å². The molecule has 0 heterocycles. The average molecular weight is 218 g/mol. The molecule has 1 aromatic rings. The van der Waals surface area contributed by atoms with Crippen LogP contribution in [-0.4, -0.2) is 24.4 Å². The molecule has 1 aromatic carbocycles. The van der Waals surface area contributed by atoms with Gasteiger partial charge in [0.25, 0.3) is 5.91 Å². The van der Waals surface area contributed by atoms with Crippen molar-refractivity contribution in [2.45, 2.75) is 12.8 Å². The van der Waals surface area contributed by atoms with Crippen LogP contribution >= 0.6 is 0 Å². The van der Waals surface area contributed by atoms with E-state index in [0.717, 1.165) is 19.4 Å². The standard InChI is InChI=1S/C13H18N2O/c1-3-4-5-9-15(2)13(16)11-7-6-8-12(14)10-11/h3,6-8,10H,1,4-5,9,14H2,2H3. The maximum Gasteiger partial charge on any atom is 0.253 e. The summed E-state index contributed by atoms with van der Waals surface area (Å²) in [5, 5.41) is 0. The molecule has 0 aliphatic rings. The van der Waals surface area contributed by atoms with Gasteiger partial charge in [0.2, 0.25) is 0 Å². The van der Waals surface area contributed by atoms with Crippen LogP contribution in [0.2, 0.25) is 0 Å². The normalized spacial score (nSPS) is 9.81. The van der Waals surface area contributed by atoms with Crippen molar-refractivity contribution in [2.75, 3.05) is 19.3 Å². The van der Waals surface area contributed by atoms with Crippen LogP contribution in [0, 0.1) is 0 Å². The Morgan fingerprint density at radius 1 is 1.56 bits per heavy atom. The number of anilines is 1. The predicted molar refractivity (Wildman–Crippen MR) is 67.2 cm³/mol. The van der Waals surface area contributed by atoms with Gasteiger partial charge in [-0.05, 0) is 31.0 Å². The van der Waals surface area contributed by atoms with Crippen LogP contribution in [0.5, 0.6) is 0 Å². The monoisotopic (exact) mass is 218 g/mol. The summed E-state index contributed by atoms with van der Waals surface area (Å²) in [6.07, 6.45) is 3.72. The minimum absolute atomic E-state index is 0.0105. The van der Waals surface area contributed by atoms with Gasteiger partial charge >= 0.3 is 0 Å². The second-order valence-electron chi connectivity index (χ2n) is 3.78. The molecule has 3 heteroatoms. The third-order valence-electron chi connectivity index (χ3n) is 2.38. The highest BCUT2D eigenvalue weighted by Gasteiger charge is 2.10. The van der Waals surface area contributed by atoms with Crippen molar-refractivity contribution in [2.24, 2.45) is 0 Å². The molecule has 2 N–H and O–H groups in total. The first kappa shape index (κ1) is 12.3. The molecule has 86 valence electrons. The molecule has 0 fully saturated rings. The quantitative estimate of drug-likeness (QED) is 0.468. The predicted octanol–water partition coefficient (Wildman–Crippen LogP) is 2.31. The number of nitrogens with two attached hydrogens (primary N) is 1. The highest BCUT2D eigenvalue weighted by molar-refractivity contribution is 5.94. The maximum atomic E-state index is 11.9. The summed E-state index contributed by atoms with van der Waals surface area (Å²) in [6, 6.07) is 7.05. The molecule has 0 spiro atoms.